The van der Waals surface area contributed by atoms with Crippen molar-refractivity contribution in [3.05, 3.63) is 23.8 Å². The predicted octanol–water partition coefficient (Wildman–Crippen LogP) is 2.08. The maximum Gasteiger partial charge on any atom is 0.244 e. The topological polar surface area (TPSA) is 55.4 Å². The fourth-order valence-corrected chi connectivity index (χ4v) is 3.40. The standard InChI is InChI=1S/C12H19NO3S/c1-9-7-6-8-10(16-5)11(9)17(14,15)13-12(2,3)4/h6-8,13H,1-5H3. The van der Waals surface area contributed by atoms with Crippen molar-refractivity contribution in [1.29, 1.82) is 0 Å². The molecule has 0 aliphatic heterocycles. The summed E-state index contributed by atoms with van der Waals surface area (Å²) in [6, 6.07) is 5.16. The van der Waals surface area contributed by atoms with E-state index >= 15 is 0 Å². The first-order valence-electron chi connectivity index (χ1n) is 5.35. The minimum Gasteiger partial charge on any atom is -0.495 e. The molecule has 0 radical (unpaired) electrons. The molecule has 1 N–H and O–H groups in total. The predicted molar refractivity (Wildman–Crippen MR) is 67.8 cm³/mol. The third kappa shape index (κ3) is 3.44. The molecule has 0 aromatic heterocycles. The van der Waals surface area contributed by atoms with Crippen LogP contribution in [0.15, 0.2) is 23.1 Å². The average molecular weight is 257 g/mol. The second-order valence-electron chi connectivity index (χ2n) is 4.96. The number of rotatable bonds is 3. The molecule has 96 valence electrons. The second-order valence-corrected chi connectivity index (χ2v) is 6.58. The Balaban J connectivity index is 3.33. The normalized spacial score (nSPS) is 12.5. The second kappa shape index (κ2) is 4.66. The van der Waals surface area contributed by atoms with Crippen LogP contribution >= 0.6 is 0 Å². The molecule has 0 saturated carbocycles. The lowest BCUT2D eigenvalue weighted by molar-refractivity contribution is 0.400. The first-order chi connectivity index (χ1) is 7.67. The summed E-state index contributed by atoms with van der Waals surface area (Å²) in [5.41, 5.74) is 0.146. The van der Waals surface area contributed by atoms with Gasteiger partial charge in [-0.2, -0.15) is 0 Å². The van der Waals surface area contributed by atoms with Crippen LogP contribution in [0.2, 0.25) is 0 Å². The molecule has 0 saturated heterocycles. The minimum absolute atomic E-state index is 0.206. The van der Waals surface area contributed by atoms with Gasteiger partial charge in [-0.15, -0.1) is 0 Å². The summed E-state index contributed by atoms with van der Waals surface area (Å²) in [5.74, 6) is 0.363. The number of hydrogen-bond donors (Lipinski definition) is 1. The molecular formula is C12H19NO3S. The Bertz CT molecular complexity index is 501. The van der Waals surface area contributed by atoms with E-state index in [2.05, 4.69) is 4.72 Å². The molecule has 1 rings (SSSR count). The van der Waals surface area contributed by atoms with Crippen molar-refractivity contribution >= 4 is 10.0 Å². The van der Waals surface area contributed by atoms with Gasteiger partial charge in [0.2, 0.25) is 10.0 Å². The molecule has 5 heteroatoms. The van der Waals surface area contributed by atoms with Crippen molar-refractivity contribution in [2.75, 3.05) is 7.11 Å². The summed E-state index contributed by atoms with van der Waals surface area (Å²) >= 11 is 0. The van der Waals surface area contributed by atoms with Crippen LogP contribution in [0, 0.1) is 6.92 Å². The van der Waals surface area contributed by atoms with E-state index in [4.69, 9.17) is 4.74 Å². The van der Waals surface area contributed by atoms with Crippen molar-refractivity contribution < 1.29 is 13.2 Å². The Hall–Kier alpha value is -1.07. The van der Waals surface area contributed by atoms with Crippen molar-refractivity contribution in [3.63, 3.8) is 0 Å². The van der Waals surface area contributed by atoms with Gasteiger partial charge in [-0.3, -0.25) is 0 Å². The van der Waals surface area contributed by atoms with E-state index in [0.29, 0.717) is 11.3 Å². The highest BCUT2D eigenvalue weighted by Crippen LogP contribution is 2.27. The fourth-order valence-electron chi connectivity index (χ4n) is 1.58. The van der Waals surface area contributed by atoms with Crippen LogP contribution in [-0.2, 0) is 10.0 Å². The number of sulfonamides is 1. The largest absolute Gasteiger partial charge is 0.495 e. The number of methoxy groups -OCH3 is 1. The molecular weight excluding hydrogens is 238 g/mol. The molecule has 0 aliphatic carbocycles. The number of nitrogens with one attached hydrogen (secondary N) is 1. The van der Waals surface area contributed by atoms with Crippen LogP contribution in [0.5, 0.6) is 5.75 Å². The van der Waals surface area contributed by atoms with Gasteiger partial charge >= 0.3 is 0 Å². The van der Waals surface area contributed by atoms with Crippen LogP contribution in [0.4, 0.5) is 0 Å². The Labute approximate surface area is 103 Å². The van der Waals surface area contributed by atoms with Crippen LogP contribution < -0.4 is 9.46 Å². The van der Waals surface area contributed by atoms with E-state index < -0.39 is 15.6 Å². The summed E-state index contributed by atoms with van der Waals surface area (Å²) in [4.78, 5) is 0.206. The van der Waals surface area contributed by atoms with Gasteiger partial charge in [0.05, 0.1) is 7.11 Å². The third-order valence-electron chi connectivity index (χ3n) is 2.10. The lowest BCUT2D eigenvalue weighted by Gasteiger charge is -2.22. The number of aryl methyl sites for hydroxylation is 1. The van der Waals surface area contributed by atoms with Crippen molar-refractivity contribution in [1.82, 2.24) is 4.72 Å². The SMILES string of the molecule is COc1cccc(C)c1S(=O)(=O)NC(C)(C)C. The number of ether oxygens (including phenoxy) is 1. The van der Waals surface area contributed by atoms with E-state index in [0.717, 1.165) is 0 Å². The monoisotopic (exact) mass is 257 g/mol. The van der Waals surface area contributed by atoms with E-state index in [1.807, 2.05) is 0 Å². The lowest BCUT2D eigenvalue weighted by atomic mass is 10.1. The first-order valence-corrected chi connectivity index (χ1v) is 6.83. The van der Waals surface area contributed by atoms with Gasteiger partial charge in [0.15, 0.2) is 0 Å². The Morgan fingerprint density at radius 3 is 2.29 bits per heavy atom. The molecule has 0 amide bonds. The number of benzene rings is 1. The average Bonchev–Trinajstić information content (AvgIpc) is 2.12. The van der Waals surface area contributed by atoms with Crippen LogP contribution in [0.25, 0.3) is 0 Å². The molecule has 0 bridgehead atoms. The summed E-state index contributed by atoms with van der Waals surface area (Å²) in [7, 11) is -2.10. The van der Waals surface area contributed by atoms with Gasteiger partial charge in [-0.1, -0.05) is 12.1 Å². The molecule has 4 nitrogen and oxygen atoms in total. The van der Waals surface area contributed by atoms with Crippen molar-refractivity contribution in [2.45, 2.75) is 38.1 Å². The van der Waals surface area contributed by atoms with Crippen molar-refractivity contribution in [2.24, 2.45) is 0 Å². The van der Waals surface area contributed by atoms with Crippen molar-refractivity contribution in [3.8, 4) is 5.75 Å². The highest BCUT2D eigenvalue weighted by Gasteiger charge is 2.26. The summed E-state index contributed by atoms with van der Waals surface area (Å²) in [6.07, 6.45) is 0. The van der Waals surface area contributed by atoms with E-state index in [1.165, 1.54) is 7.11 Å². The van der Waals surface area contributed by atoms with E-state index in [9.17, 15) is 8.42 Å². The summed E-state index contributed by atoms with van der Waals surface area (Å²) < 4.78 is 32.2. The van der Waals surface area contributed by atoms with Crippen LogP contribution in [0.1, 0.15) is 26.3 Å². The Kier molecular flexibility index (Phi) is 3.84. The van der Waals surface area contributed by atoms with Gasteiger partial charge in [0.1, 0.15) is 10.6 Å². The molecule has 0 spiro atoms. The molecule has 17 heavy (non-hydrogen) atoms. The molecule has 0 heterocycles. The van der Waals surface area contributed by atoms with Crippen LogP contribution in [-0.4, -0.2) is 21.1 Å². The Morgan fingerprint density at radius 2 is 1.82 bits per heavy atom. The zero-order chi connectivity index (χ0) is 13.3. The molecule has 1 aromatic carbocycles. The van der Waals surface area contributed by atoms with Gasteiger partial charge in [-0.05, 0) is 39.3 Å². The molecule has 0 fully saturated rings. The van der Waals surface area contributed by atoms with E-state index in [-0.39, 0.29) is 4.90 Å². The molecule has 0 unspecified atom stereocenters. The first kappa shape index (κ1) is 14.0. The minimum atomic E-state index is -3.57. The highest BCUT2D eigenvalue weighted by atomic mass is 32.2. The molecule has 1 aromatic rings. The van der Waals surface area contributed by atoms with Gasteiger partial charge in [0, 0.05) is 5.54 Å². The maximum absolute atomic E-state index is 12.3. The number of hydrogen-bond acceptors (Lipinski definition) is 3. The highest BCUT2D eigenvalue weighted by molar-refractivity contribution is 7.89. The fraction of sp³-hybridized carbons (Fsp3) is 0.500. The third-order valence-corrected chi connectivity index (χ3v) is 4.05. The smallest absolute Gasteiger partial charge is 0.244 e. The lowest BCUT2D eigenvalue weighted by Crippen LogP contribution is -2.40. The quantitative estimate of drug-likeness (QED) is 0.902. The van der Waals surface area contributed by atoms with Gasteiger partial charge < -0.3 is 4.74 Å². The zero-order valence-electron chi connectivity index (χ0n) is 10.9. The zero-order valence-corrected chi connectivity index (χ0v) is 11.7. The van der Waals surface area contributed by atoms with Gasteiger partial charge in [0.25, 0.3) is 0 Å². The molecule has 0 aliphatic rings. The van der Waals surface area contributed by atoms with E-state index in [1.54, 1.807) is 45.9 Å². The van der Waals surface area contributed by atoms with Crippen LogP contribution in [0.3, 0.4) is 0 Å². The summed E-state index contributed by atoms with van der Waals surface area (Å²) in [5, 5.41) is 0. The van der Waals surface area contributed by atoms with Gasteiger partial charge in [-0.25, -0.2) is 13.1 Å². The maximum atomic E-state index is 12.3. The Morgan fingerprint density at radius 1 is 1.24 bits per heavy atom. The summed E-state index contributed by atoms with van der Waals surface area (Å²) in [6.45, 7) is 7.15. The molecule has 0 atom stereocenters.